The van der Waals surface area contributed by atoms with Crippen molar-refractivity contribution in [3.05, 3.63) is 29.6 Å². The number of nitrogens with one attached hydrogen (secondary N) is 2. The number of carboxylic acids is 1. The lowest BCUT2D eigenvalue weighted by molar-refractivity contribution is -0.140. The molecule has 4 N–H and O–H groups in total. The van der Waals surface area contributed by atoms with Crippen LogP contribution in [0.2, 0.25) is 0 Å². The van der Waals surface area contributed by atoms with E-state index in [-0.39, 0.29) is 6.54 Å². The fourth-order valence-corrected chi connectivity index (χ4v) is 1.26. The van der Waals surface area contributed by atoms with Crippen LogP contribution in [-0.2, 0) is 11.3 Å². The lowest BCUT2D eigenvalue weighted by Gasteiger charge is -2.12. The SMILES string of the molecule is Cc1cccc(CNC(=O)NC(CO)C(=O)O)n1. The zero-order valence-corrected chi connectivity index (χ0v) is 9.88. The van der Waals surface area contributed by atoms with E-state index < -0.39 is 24.6 Å². The molecule has 0 spiro atoms. The molecule has 2 amide bonds. The molecular formula is C11H15N3O4. The van der Waals surface area contributed by atoms with E-state index in [0.717, 1.165) is 5.69 Å². The predicted octanol–water partition coefficient (Wildman–Crippen LogP) is -0.365. The third-order valence-corrected chi connectivity index (χ3v) is 2.16. The summed E-state index contributed by atoms with van der Waals surface area (Å²) in [7, 11) is 0. The number of carbonyl (C=O) groups is 2. The second kappa shape index (κ2) is 6.55. The first-order chi connectivity index (χ1) is 8.52. The summed E-state index contributed by atoms with van der Waals surface area (Å²) in [5.41, 5.74) is 1.49. The highest BCUT2D eigenvalue weighted by Gasteiger charge is 2.18. The third-order valence-electron chi connectivity index (χ3n) is 2.16. The van der Waals surface area contributed by atoms with E-state index in [9.17, 15) is 9.59 Å². The molecule has 0 aliphatic carbocycles. The van der Waals surface area contributed by atoms with Gasteiger partial charge in [0.25, 0.3) is 0 Å². The summed E-state index contributed by atoms with van der Waals surface area (Å²) >= 11 is 0. The Balaban J connectivity index is 2.44. The number of amides is 2. The van der Waals surface area contributed by atoms with Crippen LogP contribution in [0.5, 0.6) is 0 Å². The average Bonchev–Trinajstić information content (AvgIpc) is 2.33. The van der Waals surface area contributed by atoms with Crippen molar-refractivity contribution >= 4 is 12.0 Å². The number of hydrogen-bond donors (Lipinski definition) is 4. The van der Waals surface area contributed by atoms with Crippen LogP contribution in [-0.4, -0.2) is 39.8 Å². The lowest BCUT2D eigenvalue weighted by Crippen LogP contribution is -2.47. The number of aliphatic hydroxyl groups is 1. The van der Waals surface area contributed by atoms with Crippen molar-refractivity contribution in [3.63, 3.8) is 0 Å². The molecule has 0 radical (unpaired) electrons. The first kappa shape index (κ1) is 13.9. The number of aryl methyl sites for hydroxylation is 1. The maximum absolute atomic E-state index is 11.4. The van der Waals surface area contributed by atoms with Gasteiger partial charge in [0.05, 0.1) is 18.8 Å². The zero-order chi connectivity index (χ0) is 13.5. The Kier molecular flexibility index (Phi) is 5.06. The normalized spacial score (nSPS) is 11.7. The number of nitrogens with zero attached hydrogens (tertiary/aromatic N) is 1. The number of aliphatic carboxylic acids is 1. The molecule has 0 saturated heterocycles. The van der Waals surface area contributed by atoms with E-state index in [1.54, 1.807) is 6.07 Å². The predicted molar refractivity (Wildman–Crippen MR) is 62.9 cm³/mol. The van der Waals surface area contributed by atoms with Crippen LogP contribution in [0, 0.1) is 6.92 Å². The highest BCUT2D eigenvalue weighted by Crippen LogP contribution is 1.97. The van der Waals surface area contributed by atoms with Crippen LogP contribution in [0.4, 0.5) is 4.79 Å². The second-order valence-electron chi connectivity index (χ2n) is 3.67. The van der Waals surface area contributed by atoms with Crippen molar-refractivity contribution in [2.45, 2.75) is 19.5 Å². The average molecular weight is 253 g/mol. The summed E-state index contributed by atoms with van der Waals surface area (Å²) in [6.07, 6.45) is 0. The van der Waals surface area contributed by atoms with E-state index in [1.807, 2.05) is 19.1 Å². The van der Waals surface area contributed by atoms with Crippen molar-refractivity contribution in [2.75, 3.05) is 6.61 Å². The molecule has 0 saturated carbocycles. The Morgan fingerprint density at radius 1 is 1.44 bits per heavy atom. The van der Waals surface area contributed by atoms with Gasteiger partial charge in [-0.15, -0.1) is 0 Å². The van der Waals surface area contributed by atoms with Gasteiger partial charge < -0.3 is 20.8 Å². The maximum Gasteiger partial charge on any atom is 0.328 e. The molecule has 1 unspecified atom stereocenters. The maximum atomic E-state index is 11.4. The Morgan fingerprint density at radius 2 is 2.17 bits per heavy atom. The number of aliphatic hydroxyl groups excluding tert-OH is 1. The van der Waals surface area contributed by atoms with Crippen LogP contribution < -0.4 is 10.6 Å². The van der Waals surface area contributed by atoms with Gasteiger partial charge in [0.15, 0.2) is 6.04 Å². The van der Waals surface area contributed by atoms with Crippen LogP contribution in [0.15, 0.2) is 18.2 Å². The quantitative estimate of drug-likeness (QED) is 0.572. The number of carbonyl (C=O) groups excluding carboxylic acids is 1. The summed E-state index contributed by atoms with van der Waals surface area (Å²) in [6.45, 7) is 1.35. The molecule has 18 heavy (non-hydrogen) atoms. The second-order valence-corrected chi connectivity index (χ2v) is 3.67. The highest BCUT2D eigenvalue weighted by atomic mass is 16.4. The highest BCUT2D eigenvalue weighted by molar-refractivity contribution is 5.82. The van der Waals surface area contributed by atoms with E-state index in [4.69, 9.17) is 10.2 Å². The zero-order valence-electron chi connectivity index (χ0n) is 9.88. The number of rotatable bonds is 5. The first-order valence-electron chi connectivity index (χ1n) is 5.33. The van der Waals surface area contributed by atoms with Gasteiger partial charge in [-0.25, -0.2) is 9.59 Å². The van der Waals surface area contributed by atoms with Crippen molar-refractivity contribution in [1.82, 2.24) is 15.6 Å². The van der Waals surface area contributed by atoms with Gasteiger partial charge in [0.2, 0.25) is 0 Å². The molecule has 0 aromatic carbocycles. The van der Waals surface area contributed by atoms with Gasteiger partial charge in [-0.1, -0.05) is 6.07 Å². The van der Waals surface area contributed by atoms with E-state index >= 15 is 0 Å². The molecule has 1 aromatic heterocycles. The summed E-state index contributed by atoms with van der Waals surface area (Å²) in [5.74, 6) is -1.29. The van der Waals surface area contributed by atoms with E-state index in [2.05, 4.69) is 15.6 Å². The summed E-state index contributed by atoms with van der Waals surface area (Å²) in [5, 5.41) is 21.9. The van der Waals surface area contributed by atoms with Gasteiger partial charge >= 0.3 is 12.0 Å². The largest absolute Gasteiger partial charge is 0.480 e. The molecule has 0 fully saturated rings. The fraction of sp³-hybridized carbons (Fsp3) is 0.364. The molecule has 1 atom stereocenters. The van der Waals surface area contributed by atoms with Crippen molar-refractivity contribution in [1.29, 1.82) is 0 Å². The topological polar surface area (TPSA) is 112 Å². The minimum Gasteiger partial charge on any atom is -0.480 e. The number of hydrogen-bond acceptors (Lipinski definition) is 4. The van der Waals surface area contributed by atoms with Gasteiger partial charge in [0.1, 0.15) is 0 Å². The molecule has 7 heteroatoms. The molecule has 0 aliphatic rings. The monoisotopic (exact) mass is 253 g/mol. The van der Waals surface area contributed by atoms with Crippen molar-refractivity contribution < 1.29 is 19.8 Å². The van der Waals surface area contributed by atoms with Gasteiger partial charge in [-0.3, -0.25) is 4.98 Å². The molecule has 98 valence electrons. The van der Waals surface area contributed by atoms with Gasteiger partial charge in [-0.05, 0) is 19.1 Å². The summed E-state index contributed by atoms with van der Waals surface area (Å²) < 4.78 is 0. The molecule has 0 aliphatic heterocycles. The van der Waals surface area contributed by atoms with Gasteiger partial charge in [0, 0.05) is 5.69 Å². The summed E-state index contributed by atoms with van der Waals surface area (Å²) in [4.78, 5) is 26.1. The molecular weight excluding hydrogens is 238 g/mol. The van der Waals surface area contributed by atoms with Crippen LogP contribution in [0.3, 0.4) is 0 Å². The van der Waals surface area contributed by atoms with Crippen LogP contribution in [0.1, 0.15) is 11.4 Å². The van der Waals surface area contributed by atoms with Crippen molar-refractivity contribution in [2.24, 2.45) is 0 Å². The number of carboxylic acid groups (broad SMARTS) is 1. The third kappa shape index (κ3) is 4.38. The smallest absolute Gasteiger partial charge is 0.328 e. The standard InChI is InChI=1S/C11H15N3O4/c1-7-3-2-4-8(13-7)5-12-11(18)14-9(6-15)10(16)17/h2-4,9,15H,5-6H2,1H3,(H,16,17)(H2,12,14,18). The molecule has 1 aromatic rings. The first-order valence-corrected chi connectivity index (χ1v) is 5.33. The molecule has 1 heterocycles. The molecule has 7 nitrogen and oxygen atoms in total. The minimum absolute atomic E-state index is 0.186. The lowest BCUT2D eigenvalue weighted by atomic mass is 10.3. The molecule has 0 bridgehead atoms. The Labute approximate surface area is 104 Å². The van der Waals surface area contributed by atoms with Crippen LogP contribution >= 0.6 is 0 Å². The number of pyridine rings is 1. The Morgan fingerprint density at radius 3 is 2.72 bits per heavy atom. The Bertz CT molecular complexity index is 436. The number of urea groups is 1. The van der Waals surface area contributed by atoms with E-state index in [0.29, 0.717) is 5.69 Å². The molecule has 1 rings (SSSR count). The minimum atomic E-state index is -1.31. The Hall–Kier alpha value is -2.15. The van der Waals surface area contributed by atoms with E-state index in [1.165, 1.54) is 0 Å². The summed E-state index contributed by atoms with van der Waals surface area (Å²) in [6, 6.07) is 3.41. The number of aromatic nitrogens is 1. The van der Waals surface area contributed by atoms with Gasteiger partial charge in [-0.2, -0.15) is 0 Å². The fourth-order valence-electron chi connectivity index (χ4n) is 1.26. The van der Waals surface area contributed by atoms with Crippen molar-refractivity contribution in [3.8, 4) is 0 Å². The van der Waals surface area contributed by atoms with Crippen LogP contribution in [0.25, 0.3) is 0 Å².